The number of carbonyl (C=O) groups excluding carboxylic acids is 1. The van der Waals surface area contributed by atoms with Gasteiger partial charge in [0.25, 0.3) is 5.09 Å². The molecule has 30 heavy (non-hydrogen) atoms. The molecule has 0 aliphatic carbocycles. The molecule has 10 heteroatoms. The van der Waals surface area contributed by atoms with Gasteiger partial charge in [-0.3, -0.25) is 4.98 Å². The van der Waals surface area contributed by atoms with Crippen LogP contribution in [0.1, 0.15) is 41.3 Å². The number of halogens is 1. The summed E-state index contributed by atoms with van der Waals surface area (Å²) in [5.41, 5.74) is 3.18. The Labute approximate surface area is 177 Å². The van der Waals surface area contributed by atoms with Crippen molar-refractivity contribution >= 4 is 17.7 Å². The lowest BCUT2D eigenvalue weighted by Crippen LogP contribution is -2.42. The van der Waals surface area contributed by atoms with Crippen LogP contribution in [0.15, 0.2) is 30.5 Å². The van der Waals surface area contributed by atoms with Crippen LogP contribution in [0.4, 0.5) is 4.79 Å². The van der Waals surface area contributed by atoms with Gasteiger partial charge in [-0.2, -0.15) is 0 Å². The second-order valence-corrected chi connectivity index (χ2v) is 7.67. The highest BCUT2D eigenvalue weighted by Crippen LogP contribution is 2.41. The van der Waals surface area contributed by atoms with Crippen molar-refractivity contribution in [1.29, 1.82) is 0 Å². The van der Waals surface area contributed by atoms with E-state index in [4.69, 9.17) is 21.1 Å². The van der Waals surface area contributed by atoms with E-state index in [-0.39, 0.29) is 6.10 Å². The van der Waals surface area contributed by atoms with Crippen LogP contribution in [0, 0.1) is 17.0 Å². The molecule has 0 N–H and O–H groups in total. The number of pyridine rings is 1. The predicted molar refractivity (Wildman–Crippen MR) is 106 cm³/mol. The fourth-order valence-electron chi connectivity index (χ4n) is 3.75. The Morgan fingerprint density at radius 3 is 2.67 bits per heavy atom. The van der Waals surface area contributed by atoms with Crippen molar-refractivity contribution in [2.75, 3.05) is 13.1 Å². The summed E-state index contributed by atoms with van der Waals surface area (Å²) >= 11 is 5.97. The molecule has 1 atom stereocenters. The van der Waals surface area contributed by atoms with Crippen molar-refractivity contribution in [3.05, 3.63) is 68.0 Å². The Morgan fingerprint density at radius 2 is 2.00 bits per heavy atom. The van der Waals surface area contributed by atoms with Crippen molar-refractivity contribution in [2.45, 2.75) is 38.6 Å². The molecule has 2 aliphatic rings. The van der Waals surface area contributed by atoms with Crippen LogP contribution >= 0.6 is 11.6 Å². The molecule has 1 amide bonds. The Balaban J connectivity index is 1.48. The SMILES string of the molecule is Cc1ncc2c(c1OC(=O)N1CCC(O[N+](=O)[O-])CC1)COC2c1ccc(Cl)cc1. The smallest absolute Gasteiger partial charge is 0.408 e. The van der Waals surface area contributed by atoms with Crippen molar-refractivity contribution in [3.63, 3.8) is 0 Å². The molecule has 1 saturated heterocycles. The third kappa shape index (κ3) is 4.17. The molecule has 0 spiro atoms. The van der Waals surface area contributed by atoms with Gasteiger partial charge in [0, 0.05) is 35.4 Å². The first kappa shape index (κ1) is 20.4. The molecule has 4 rings (SSSR count). The van der Waals surface area contributed by atoms with E-state index in [1.807, 2.05) is 12.1 Å². The molecule has 1 fully saturated rings. The quantitative estimate of drug-likeness (QED) is 0.533. The monoisotopic (exact) mass is 433 g/mol. The summed E-state index contributed by atoms with van der Waals surface area (Å²) in [5.74, 6) is 0.401. The minimum absolute atomic E-state index is 0.299. The summed E-state index contributed by atoms with van der Waals surface area (Å²) in [5, 5.41) is 10.3. The normalized spacial score (nSPS) is 18.7. The topological polar surface area (TPSA) is 104 Å². The number of hydrogen-bond donors (Lipinski definition) is 0. The summed E-state index contributed by atoms with van der Waals surface area (Å²) < 4.78 is 11.7. The van der Waals surface area contributed by atoms with E-state index in [2.05, 4.69) is 9.82 Å². The molecule has 0 bridgehead atoms. The standard InChI is InChI=1S/C20H20ClN3O6/c1-12-18(29-20(25)23-8-6-15(7-9-23)30-24(26)27)17-11-28-19(16(17)10-22-12)13-2-4-14(21)5-3-13/h2-5,10,15,19H,6-9,11H2,1H3. The highest BCUT2D eigenvalue weighted by molar-refractivity contribution is 6.30. The number of benzene rings is 1. The van der Waals surface area contributed by atoms with Crippen LogP contribution in [-0.2, 0) is 16.2 Å². The fourth-order valence-corrected chi connectivity index (χ4v) is 3.88. The van der Waals surface area contributed by atoms with E-state index in [0.29, 0.717) is 49.0 Å². The Hall–Kier alpha value is -2.91. The van der Waals surface area contributed by atoms with Gasteiger partial charge in [-0.25, -0.2) is 4.79 Å². The van der Waals surface area contributed by atoms with Gasteiger partial charge in [-0.1, -0.05) is 23.7 Å². The van der Waals surface area contributed by atoms with Gasteiger partial charge in [0.2, 0.25) is 0 Å². The number of amides is 1. The van der Waals surface area contributed by atoms with Gasteiger partial charge in [-0.15, -0.1) is 10.1 Å². The third-order valence-electron chi connectivity index (χ3n) is 5.32. The van der Waals surface area contributed by atoms with Gasteiger partial charge in [0.1, 0.15) is 12.2 Å². The molecule has 158 valence electrons. The largest absolute Gasteiger partial charge is 0.415 e. The molecular formula is C20H20ClN3O6. The number of ether oxygens (including phenoxy) is 2. The first-order chi connectivity index (χ1) is 14.4. The minimum atomic E-state index is -0.794. The maximum absolute atomic E-state index is 12.7. The lowest BCUT2D eigenvalue weighted by Gasteiger charge is -2.30. The van der Waals surface area contributed by atoms with Gasteiger partial charge in [-0.05, 0) is 37.5 Å². The van der Waals surface area contributed by atoms with Gasteiger partial charge in [0.15, 0.2) is 5.75 Å². The molecule has 1 unspecified atom stereocenters. The Morgan fingerprint density at radius 1 is 1.30 bits per heavy atom. The number of rotatable bonds is 4. The van der Waals surface area contributed by atoms with Crippen molar-refractivity contribution < 1.29 is 24.2 Å². The highest BCUT2D eigenvalue weighted by Gasteiger charge is 2.32. The van der Waals surface area contributed by atoms with Crippen molar-refractivity contribution in [3.8, 4) is 5.75 Å². The molecular weight excluding hydrogens is 414 g/mol. The molecule has 9 nitrogen and oxygen atoms in total. The fraction of sp³-hybridized carbons (Fsp3) is 0.400. The number of likely N-dealkylation sites (tertiary alicyclic amines) is 1. The average Bonchev–Trinajstić information content (AvgIpc) is 3.15. The predicted octanol–water partition coefficient (Wildman–Crippen LogP) is 3.83. The maximum Gasteiger partial charge on any atom is 0.415 e. The third-order valence-corrected chi connectivity index (χ3v) is 5.57. The molecule has 0 saturated carbocycles. The van der Waals surface area contributed by atoms with E-state index in [1.54, 1.807) is 25.3 Å². The average molecular weight is 434 g/mol. The van der Waals surface area contributed by atoms with Crippen LogP contribution < -0.4 is 4.74 Å². The molecule has 1 aromatic carbocycles. The number of nitrogens with zero attached hydrogens (tertiary/aromatic N) is 3. The molecule has 2 aromatic rings. The number of hydrogen-bond acceptors (Lipinski definition) is 7. The lowest BCUT2D eigenvalue weighted by atomic mass is 10.0. The summed E-state index contributed by atoms with van der Waals surface area (Å²) in [6.07, 6.45) is 1.18. The molecule has 1 aromatic heterocycles. The number of piperidine rings is 1. The van der Waals surface area contributed by atoms with Gasteiger partial charge in [0.05, 0.1) is 12.3 Å². The number of fused-ring (bicyclic) bond motifs is 1. The Kier molecular flexibility index (Phi) is 5.74. The van der Waals surface area contributed by atoms with E-state index in [9.17, 15) is 14.9 Å². The summed E-state index contributed by atoms with van der Waals surface area (Å²) in [4.78, 5) is 33.6. The highest BCUT2D eigenvalue weighted by atomic mass is 35.5. The van der Waals surface area contributed by atoms with Crippen LogP contribution in [-0.4, -0.2) is 40.3 Å². The van der Waals surface area contributed by atoms with Crippen molar-refractivity contribution in [1.82, 2.24) is 9.88 Å². The van der Waals surface area contributed by atoms with Crippen molar-refractivity contribution in [2.24, 2.45) is 0 Å². The first-order valence-corrected chi connectivity index (χ1v) is 9.93. The second kappa shape index (κ2) is 8.45. The molecule has 0 radical (unpaired) electrons. The van der Waals surface area contributed by atoms with Crippen LogP contribution in [0.5, 0.6) is 5.75 Å². The minimum Gasteiger partial charge on any atom is -0.408 e. The number of carbonyl (C=O) groups is 1. The van der Waals surface area contributed by atoms with E-state index >= 15 is 0 Å². The van der Waals surface area contributed by atoms with E-state index in [1.165, 1.54) is 4.90 Å². The molecule has 3 heterocycles. The second-order valence-electron chi connectivity index (χ2n) is 7.23. The summed E-state index contributed by atoms with van der Waals surface area (Å²) in [6.45, 7) is 2.72. The first-order valence-electron chi connectivity index (χ1n) is 9.55. The number of aromatic nitrogens is 1. The van der Waals surface area contributed by atoms with E-state index < -0.39 is 17.3 Å². The lowest BCUT2D eigenvalue weighted by molar-refractivity contribution is -0.769. The van der Waals surface area contributed by atoms with Gasteiger partial charge >= 0.3 is 6.09 Å². The summed E-state index contributed by atoms with van der Waals surface area (Å²) in [7, 11) is 0. The number of aryl methyl sites for hydroxylation is 1. The zero-order chi connectivity index (χ0) is 21.3. The van der Waals surface area contributed by atoms with Crippen LogP contribution in [0.25, 0.3) is 0 Å². The van der Waals surface area contributed by atoms with Crippen LogP contribution in [0.2, 0.25) is 5.02 Å². The summed E-state index contributed by atoms with van der Waals surface area (Å²) in [6, 6.07) is 7.38. The van der Waals surface area contributed by atoms with Gasteiger partial charge < -0.3 is 19.2 Å². The van der Waals surface area contributed by atoms with Crippen LogP contribution in [0.3, 0.4) is 0 Å². The van der Waals surface area contributed by atoms with E-state index in [0.717, 1.165) is 16.7 Å². The zero-order valence-electron chi connectivity index (χ0n) is 16.2. The Bertz CT molecular complexity index is 960. The zero-order valence-corrected chi connectivity index (χ0v) is 17.0. The molecule has 2 aliphatic heterocycles. The maximum atomic E-state index is 12.7.